The Morgan fingerprint density at radius 3 is 2.47 bits per heavy atom. The van der Waals surface area contributed by atoms with Gasteiger partial charge in [-0.2, -0.15) is 0 Å². The number of fused-ring (bicyclic) bond motifs is 2. The molecule has 8 atom stereocenters. The van der Waals surface area contributed by atoms with Gasteiger partial charge in [0.25, 0.3) is 0 Å². The van der Waals surface area contributed by atoms with Crippen molar-refractivity contribution in [3.63, 3.8) is 0 Å². The van der Waals surface area contributed by atoms with Gasteiger partial charge in [0.15, 0.2) is 0 Å². The number of carbonyl (C=O) groups excluding carboxylic acids is 4. The lowest BCUT2D eigenvalue weighted by molar-refractivity contribution is -0.232. The SMILES string of the molecule is CC[C@H](C)C(=O)O[C@@H](C[C@@]1(C)[C@H](C)C[C@H](OC(C)=O)[C@]2(COC(C)=O)[C@H]1CCC[C@]21CO1)C1=CC(=O)OC1. The van der Waals surface area contributed by atoms with Crippen molar-refractivity contribution in [3.05, 3.63) is 11.6 Å². The van der Waals surface area contributed by atoms with E-state index in [4.69, 9.17) is 23.7 Å². The van der Waals surface area contributed by atoms with E-state index in [1.807, 2.05) is 13.8 Å². The maximum Gasteiger partial charge on any atom is 0.331 e. The first-order valence-corrected chi connectivity index (χ1v) is 13.9. The summed E-state index contributed by atoms with van der Waals surface area (Å²) in [6, 6.07) is 0. The second-order valence-corrected chi connectivity index (χ2v) is 12.1. The molecule has 0 aromatic carbocycles. The zero-order chi connectivity index (χ0) is 27.9. The molecule has 3 fully saturated rings. The molecule has 2 aliphatic heterocycles. The zero-order valence-corrected chi connectivity index (χ0v) is 23.5. The molecule has 2 saturated carbocycles. The standard InChI is InChI=1S/C29H42O9/c1-7-17(2)26(33)38-22(21-12-25(32)34-14-21)13-27(6)18(3)11-24(37-20(5)31)29(16-35-19(4)30)23(27)9-8-10-28(29)15-36-28/h12,17-18,22-24H,7-11,13-16H2,1-6H3/t17-,18+,22-,23-,24-,27-,28-,29-/m0/s1. The lowest BCUT2D eigenvalue weighted by Crippen LogP contribution is -2.67. The number of rotatable bonds is 9. The third kappa shape index (κ3) is 4.98. The van der Waals surface area contributed by atoms with Crippen LogP contribution in [0.4, 0.5) is 0 Å². The van der Waals surface area contributed by atoms with Crippen LogP contribution in [0.2, 0.25) is 0 Å². The van der Waals surface area contributed by atoms with Crippen LogP contribution >= 0.6 is 0 Å². The predicted molar refractivity (Wildman–Crippen MR) is 136 cm³/mol. The highest BCUT2D eigenvalue weighted by Gasteiger charge is 2.75. The van der Waals surface area contributed by atoms with Crippen LogP contribution < -0.4 is 0 Å². The fourth-order valence-electron chi connectivity index (χ4n) is 7.37. The van der Waals surface area contributed by atoms with E-state index in [1.165, 1.54) is 19.9 Å². The zero-order valence-electron chi connectivity index (χ0n) is 23.5. The van der Waals surface area contributed by atoms with Gasteiger partial charge in [-0.05, 0) is 49.4 Å². The molecule has 0 unspecified atom stereocenters. The Kier molecular flexibility index (Phi) is 7.99. The van der Waals surface area contributed by atoms with E-state index in [0.717, 1.165) is 19.3 Å². The molecule has 1 saturated heterocycles. The van der Waals surface area contributed by atoms with Crippen LogP contribution in [0.3, 0.4) is 0 Å². The van der Waals surface area contributed by atoms with E-state index >= 15 is 0 Å². The average Bonchev–Trinajstić information content (AvgIpc) is 3.50. The Bertz CT molecular complexity index is 998. The number of carbonyl (C=O) groups is 4. The highest BCUT2D eigenvalue weighted by atomic mass is 16.6. The number of esters is 4. The highest BCUT2D eigenvalue weighted by molar-refractivity contribution is 5.85. The van der Waals surface area contributed by atoms with Crippen LogP contribution in [0.25, 0.3) is 0 Å². The molecule has 38 heavy (non-hydrogen) atoms. The summed E-state index contributed by atoms with van der Waals surface area (Å²) in [5.41, 5.74) is -1.03. The second-order valence-electron chi connectivity index (χ2n) is 12.1. The third-order valence-electron chi connectivity index (χ3n) is 9.92. The van der Waals surface area contributed by atoms with Gasteiger partial charge in [0.2, 0.25) is 0 Å². The maximum atomic E-state index is 12.9. The summed E-state index contributed by atoms with van der Waals surface area (Å²) in [7, 11) is 0. The first kappa shape index (κ1) is 28.6. The molecule has 0 amide bonds. The Labute approximate surface area is 224 Å². The lowest BCUT2D eigenvalue weighted by Gasteiger charge is -2.63. The molecule has 2 aliphatic carbocycles. The highest BCUT2D eigenvalue weighted by Crippen LogP contribution is 2.69. The van der Waals surface area contributed by atoms with Gasteiger partial charge in [-0.1, -0.05) is 34.1 Å². The van der Waals surface area contributed by atoms with Gasteiger partial charge >= 0.3 is 23.9 Å². The molecule has 9 heteroatoms. The van der Waals surface area contributed by atoms with Gasteiger partial charge in [0.1, 0.15) is 31.0 Å². The molecular formula is C29H42O9. The van der Waals surface area contributed by atoms with Gasteiger partial charge in [-0.25, -0.2) is 4.79 Å². The van der Waals surface area contributed by atoms with Crippen LogP contribution in [0.5, 0.6) is 0 Å². The summed E-state index contributed by atoms with van der Waals surface area (Å²) < 4.78 is 29.2. The molecule has 0 aromatic heterocycles. The van der Waals surface area contributed by atoms with Gasteiger partial charge in [0, 0.05) is 25.5 Å². The van der Waals surface area contributed by atoms with Crippen LogP contribution in [-0.2, 0) is 42.9 Å². The Morgan fingerprint density at radius 2 is 1.92 bits per heavy atom. The van der Waals surface area contributed by atoms with Crippen molar-refractivity contribution in [1.29, 1.82) is 0 Å². The molecule has 0 aromatic rings. The van der Waals surface area contributed by atoms with Crippen LogP contribution in [0.15, 0.2) is 11.6 Å². The van der Waals surface area contributed by atoms with Gasteiger partial charge in [0.05, 0.1) is 17.9 Å². The fraction of sp³-hybridized carbons (Fsp3) is 0.793. The third-order valence-corrected chi connectivity index (χ3v) is 9.92. The van der Waals surface area contributed by atoms with E-state index in [-0.39, 0.29) is 42.9 Å². The van der Waals surface area contributed by atoms with Crippen LogP contribution in [0, 0.1) is 28.6 Å². The number of hydrogen-bond donors (Lipinski definition) is 0. The fourth-order valence-corrected chi connectivity index (χ4v) is 7.37. The van der Waals surface area contributed by atoms with Crippen molar-refractivity contribution in [1.82, 2.24) is 0 Å². The molecule has 1 spiro atoms. The molecule has 2 heterocycles. The number of hydrogen-bond acceptors (Lipinski definition) is 9. The Hall–Kier alpha value is -2.42. The average molecular weight is 535 g/mol. The lowest BCUT2D eigenvalue weighted by atomic mass is 9.42. The summed E-state index contributed by atoms with van der Waals surface area (Å²) >= 11 is 0. The topological polar surface area (TPSA) is 118 Å². The molecule has 9 nitrogen and oxygen atoms in total. The Balaban J connectivity index is 1.76. The van der Waals surface area contributed by atoms with E-state index in [2.05, 4.69) is 13.8 Å². The molecule has 4 rings (SSSR count). The summed E-state index contributed by atoms with van der Waals surface area (Å²) in [6.45, 7) is 11.6. The molecular weight excluding hydrogens is 492 g/mol. The number of epoxide rings is 1. The largest absolute Gasteiger partial charge is 0.465 e. The quantitative estimate of drug-likeness (QED) is 0.246. The normalized spacial score (nSPS) is 37.4. The smallest absolute Gasteiger partial charge is 0.331 e. The summed E-state index contributed by atoms with van der Waals surface area (Å²) in [4.78, 5) is 49.3. The minimum atomic E-state index is -0.731. The van der Waals surface area contributed by atoms with Crippen molar-refractivity contribution in [2.24, 2.45) is 28.6 Å². The predicted octanol–water partition coefficient (Wildman–Crippen LogP) is 3.91. The number of cyclic esters (lactones) is 1. The van der Waals surface area contributed by atoms with E-state index in [1.54, 1.807) is 0 Å². The molecule has 0 bridgehead atoms. The van der Waals surface area contributed by atoms with Crippen LogP contribution in [0.1, 0.15) is 80.1 Å². The second kappa shape index (κ2) is 10.6. The van der Waals surface area contributed by atoms with E-state index < -0.39 is 40.6 Å². The molecule has 0 N–H and O–H groups in total. The number of ether oxygens (including phenoxy) is 5. The maximum absolute atomic E-state index is 12.9. The van der Waals surface area contributed by atoms with Crippen molar-refractivity contribution in [3.8, 4) is 0 Å². The molecule has 4 aliphatic rings. The van der Waals surface area contributed by atoms with Gasteiger partial charge < -0.3 is 23.7 Å². The van der Waals surface area contributed by atoms with Gasteiger partial charge in [-0.3, -0.25) is 14.4 Å². The minimum Gasteiger partial charge on any atom is -0.465 e. The first-order chi connectivity index (χ1) is 17.9. The Morgan fingerprint density at radius 1 is 1.21 bits per heavy atom. The summed E-state index contributed by atoms with van der Waals surface area (Å²) in [5, 5.41) is 0. The van der Waals surface area contributed by atoms with Gasteiger partial charge in [-0.15, -0.1) is 0 Å². The summed E-state index contributed by atoms with van der Waals surface area (Å²) in [6.07, 6.45) is 4.53. The van der Waals surface area contributed by atoms with Crippen molar-refractivity contribution in [2.75, 3.05) is 19.8 Å². The van der Waals surface area contributed by atoms with Crippen molar-refractivity contribution >= 4 is 23.9 Å². The minimum absolute atomic E-state index is 0.0536. The van der Waals surface area contributed by atoms with E-state index in [9.17, 15) is 19.2 Å². The first-order valence-electron chi connectivity index (χ1n) is 13.9. The monoisotopic (exact) mass is 534 g/mol. The van der Waals surface area contributed by atoms with Crippen molar-refractivity contribution in [2.45, 2.75) is 97.9 Å². The summed E-state index contributed by atoms with van der Waals surface area (Å²) in [5.74, 6) is -1.77. The molecule has 0 radical (unpaired) electrons. The van der Waals surface area contributed by atoms with E-state index in [0.29, 0.717) is 31.4 Å². The van der Waals surface area contributed by atoms with Crippen molar-refractivity contribution < 1.29 is 42.9 Å². The molecule has 212 valence electrons. The van der Waals surface area contributed by atoms with Crippen LogP contribution in [-0.4, -0.2) is 61.5 Å².